The van der Waals surface area contributed by atoms with Crippen molar-refractivity contribution < 1.29 is 18.6 Å². The van der Waals surface area contributed by atoms with Gasteiger partial charge in [-0.3, -0.25) is 4.98 Å². The van der Waals surface area contributed by atoms with Crippen LogP contribution in [0.25, 0.3) is 22.4 Å². The van der Waals surface area contributed by atoms with Crippen LogP contribution in [0.1, 0.15) is 0 Å². The smallest absolute Gasteiger partial charge is 0.417 e. The van der Waals surface area contributed by atoms with E-state index >= 15 is 0 Å². The summed E-state index contributed by atoms with van der Waals surface area (Å²) in [5.41, 5.74) is 3.88. The summed E-state index contributed by atoms with van der Waals surface area (Å²) in [5, 5.41) is 2.04. The van der Waals surface area contributed by atoms with Crippen LogP contribution in [-0.4, -0.2) is 36.5 Å². The number of oxazole rings is 1. The summed E-state index contributed by atoms with van der Waals surface area (Å²) in [6, 6.07) is 11.3. The maximum absolute atomic E-state index is 11.5. The highest BCUT2D eigenvalue weighted by Gasteiger charge is 2.13. The molecule has 2 aromatic carbocycles. The summed E-state index contributed by atoms with van der Waals surface area (Å²) in [4.78, 5) is 19.8. The molecule has 0 saturated heterocycles. The zero-order valence-electron chi connectivity index (χ0n) is 16.2. The van der Waals surface area contributed by atoms with E-state index in [-0.39, 0.29) is 0 Å². The van der Waals surface area contributed by atoms with E-state index in [0.29, 0.717) is 43.2 Å². The summed E-state index contributed by atoms with van der Waals surface area (Å²) in [7, 11) is 1.67. The average molecular weight is 425 g/mol. The van der Waals surface area contributed by atoms with Gasteiger partial charge in [0.1, 0.15) is 13.2 Å². The quantitative estimate of drug-likeness (QED) is 0.530. The molecule has 1 N–H and O–H groups in total. The van der Waals surface area contributed by atoms with Gasteiger partial charge in [0.25, 0.3) is 0 Å². The Morgan fingerprint density at radius 2 is 2.03 bits per heavy atom. The molecule has 0 radical (unpaired) electrons. The van der Waals surface area contributed by atoms with Crippen LogP contribution in [0.15, 0.2) is 56.0 Å². The molecule has 0 saturated carbocycles. The Morgan fingerprint density at radius 1 is 1.17 bits per heavy atom. The monoisotopic (exact) mass is 425 g/mol. The molecule has 4 aromatic rings. The number of thiazole rings is 1. The van der Waals surface area contributed by atoms with E-state index in [9.17, 15) is 4.79 Å². The van der Waals surface area contributed by atoms with Crippen LogP contribution >= 0.6 is 11.3 Å². The molecular weight excluding hydrogens is 406 g/mol. The Kier molecular flexibility index (Phi) is 4.89. The topological polar surface area (TPSA) is 91.0 Å². The molecule has 30 heavy (non-hydrogen) atoms. The minimum Gasteiger partial charge on any atom is -0.486 e. The SMILES string of the molecule is COCCn1c(-c2ccc3[nH]c(=O)oc3c2)csc1=Nc1ccc2c(c1)OCCO2. The number of nitrogens with one attached hydrogen (secondary N) is 1. The third-order valence-electron chi connectivity index (χ3n) is 4.78. The summed E-state index contributed by atoms with van der Waals surface area (Å²) in [6.07, 6.45) is 0. The van der Waals surface area contributed by atoms with Gasteiger partial charge in [-0.1, -0.05) is 6.07 Å². The van der Waals surface area contributed by atoms with E-state index in [2.05, 4.69) is 9.55 Å². The molecule has 5 rings (SSSR count). The number of H-pyrrole nitrogens is 1. The van der Waals surface area contributed by atoms with Gasteiger partial charge in [-0.25, -0.2) is 9.79 Å². The Bertz CT molecular complexity index is 1330. The molecule has 8 nitrogen and oxygen atoms in total. The average Bonchev–Trinajstić information content (AvgIpc) is 3.33. The standard InChI is InChI=1S/C21H19N3O5S/c1-26-7-6-24-16(13-2-4-15-18(10-13)29-21(25)23-15)12-30-20(24)22-14-3-5-17-19(11-14)28-9-8-27-17/h2-5,10-12H,6-9H2,1H3,(H,23,25). The van der Waals surface area contributed by atoms with E-state index in [1.54, 1.807) is 7.11 Å². The highest BCUT2D eigenvalue weighted by Crippen LogP contribution is 2.33. The van der Waals surface area contributed by atoms with Crippen molar-refractivity contribution in [1.82, 2.24) is 9.55 Å². The van der Waals surface area contributed by atoms with Crippen molar-refractivity contribution in [2.45, 2.75) is 6.54 Å². The van der Waals surface area contributed by atoms with Crippen molar-refractivity contribution in [3.63, 3.8) is 0 Å². The molecule has 3 heterocycles. The van der Waals surface area contributed by atoms with Gasteiger partial charge in [-0.05, 0) is 24.3 Å². The van der Waals surface area contributed by atoms with Gasteiger partial charge >= 0.3 is 5.76 Å². The number of fused-ring (bicyclic) bond motifs is 2. The number of ether oxygens (including phenoxy) is 3. The molecule has 1 aliphatic heterocycles. The second-order valence-electron chi connectivity index (χ2n) is 6.71. The first-order chi connectivity index (χ1) is 14.7. The molecule has 1 aliphatic rings. The third-order valence-corrected chi connectivity index (χ3v) is 5.65. The van der Waals surface area contributed by atoms with Crippen molar-refractivity contribution in [2.75, 3.05) is 26.9 Å². The molecular formula is C21H19N3O5S. The summed E-state index contributed by atoms with van der Waals surface area (Å²) in [5.74, 6) is 0.977. The number of hydrogen-bond donors (Lipinski definition) is 1. The lowest BCUT2D eigenvalue weighted by atomic mass is 10.1. The first-order valence-corrected chi connectivity index (χ1v) is 10.3. The normalized spacial score (nSPS) is 13.8. The van der Waals surface area contributed by atoms with Crippen molar-refractivity contribution in [2.24, 2.45) is 4.99 Å². The van der Waals surface area contributed by atoms with Gasteiger partial charge in [0.2, 0.25) is 0 Å². The lowest BCUT2D eigenvalue weighted by molar-refractivity contribution is 0.171. The maximum Gasteiger partial charge on any atom is 0.417 e. The fraction of sp³-hybridized carbons (Fsp3) is 0.238. The van der Waals surface area contributed by atoms with E-state index in [0.717, 1.165) is 27.5 Å². The molecule has 0 fully saturated rings. The number of rotatable bonds is 5. The second-order valence-corrected chi connectivity index (χ2v) is 7.55. The predicted octanol–water partition coefficient (Wildman–Crippen LogP) is 3.30. The number of aromatic nitrogens is 2. The first kappa shape index (κ1) is 18.7. The lowest BCUT2D eigenvalue weighted by Gasteiger charge is -2.18. The molecule has 154 valence electrons. The number of aromatic amines is 1. The van der Waals surface area contributed by atoms with Crippen LogP contribution in [0, 0.1) is 0 Å². The molecule has 0 amide bonds. The van der Waals surface area contributed by atoms with Crippen LogP contribution in [-0.2, 0) is 11.3 Å². The molecule has 0 atom stereocenters. The number of methoxy groups -OCH3 is 1. The van der Waals surface area contributed by atoms with Crippen molar-refractivity contribution in [3.8, 4) is 22.8 Å². The zero-order valence-corrected chi connectivity index (χ0v) is 17.0. The fourth-order valence-corrected chi connectivity index (χ4v) is 4.32. The molecule has 0 unspecified atom stereocenters. The van der Waals surface area contributed by atoms with Crippen LogP contribution in [0.3, 0.4) is 0 Å². The number of benzene rings is 2. The van der Waals surface area contributed by atoms with Crippen molar-refractivity contribution >= 4 is 28.1 Å². The van der Waals surface area contributed by atoms with E-state index in [4.69, 9.17) is 23.6 Å². The highest BCUT2D eigenvalue weighted by atomic mass is 32.1. The minimum atomic E-state index is -0.464. The molecule has 0 bridgehead atoms. The second kappa shape index (κ2) is 7.85. The van der Waals surface area contributed by atoms with E-state index < -0.39 is 5.76 Å². The Morgan fingerprint density at radius 3 is 2.90 bits per heavy atom. The van der Waals surface area contributed by atoms with Gasteiger partial charge in [-0.2, -0.15) is 0 Å². The molecule has 0 spiro atoms. The zero-order chi connectivity index (χ0) is 20.5. The number of nitrogens with zero attached hydrogens (tertiary/aromatic N) is 2. The van der Waals surface area contributed by atoms with Gasteiger partial charge in [0, 0.05) is 30.7 Å². The van der Waals surface area contributed by atoms with Crippen LogP contribution in [0.4, 0.5) is 5.69 Å². The third kappa shape index (κ3) is 3.53. The summed E-state index contributed by atoms with van der Waals surface area (Å²) >= 11 is 1.53. The summed E-state index contributed by atoms with van der Waals surface area (Å²) < 4.78 is 23.9. The molecule has 9 heteroatoms. The van der Waals surface area contributed by atoms with Crippen molar-refractivity contribution in [1.29, 1.82) is 0 Å². The van der Waals surface area contributed by atoms with Gasteiger partial charge in [0.15, 0.2) is 21.9 Å². The number of hydrogen-bond acceptors (Lipinski definition) is 7. The van der Waals surface area contributed by atoms with E-state index in [1.807, 2.05) is 41.8 Å². The Balaban J connectivity index is 1.59. The Hall–Kier alpha value is -3.30. The summed E-state index contributed by atoms with van der Waals surface area (Å²) in [6.45, 7) is 2.26. The maximum atomic E-state index is 11.5. The van der Waals surface area contributed by atoms with Crippen molar-refractivity contribution in [3.05, 3.63) is 57.1 Å². The first-order valence-electron chi connectivity index (χ1n) is 9.46. The van der Waals surface area contributed by atoms with Gasteiger partial charge < -0.3 is 23.2 Å². The van der Waals surface area contributed by atoms with E-state index in [1.165, 1.54) is 11.3 Å². The predicted molar refractivity (Wildman–Crippen MR) is 113 cm³/mol. The molecule has 0 aliphatic carbocycles. The van der Waals surface area contributed by atoms with Gasteiger partial charge in [-0.15, -0.1) is 11.3 Å². The van der Waals surface area contributed by atoms with Crippen LogP contribution in [0.5, 0.6) is 11.5 Å². The van der Waals surface area contributed by atoms with Gasteiger partial charge in [0.05, 0.1) is 23.5 Å². The fourth-order valence-electron chi connectivity index (χ4n) is 3.36. The van der Waals surface area contributed by atoms with Crippen LogP contribution in [0.2, 0.25) is 0 Å². The van der Waals surface area contributed by atoms with Crippen LogP contribution < -0.4 is 20.0 Å². The highest BCUT2D eigenvalue weighted by molar-refractivity contribution is 7.07. The minimum absolute atomic E-state index is 0.464. The Labute approximate surface area is 175 Å². The molecule has 2 aromatic heterocycles. The lowest BCUT2D eigenvalue weighted by Crippen LogP contribution is -2.18. The largest absolute Gasteiger partial charge is 0.486 e.